The summed E-state index contributed by atoms with van der Waals surface area (Å²) in [5, 5.41) is 4.72. The number of hydrogen-bond donors (Lipinski definition) is 0. The Labute approximate surface area is 193 Å². The van der Waals surface area contributed by atoms with E-state index < -0.39 is 0 Å². The van der Waals surface area contributed by atoms with Crippen LogP contribution in [0.2, 0.25) is 0 Å². The Hall–Kier alpha value is -3.61. The summed E-state index contributed by atoms with van der Waals surface area (Å²) >= 11 is 0. The van der Waals surface area contributed by atoms with Crippen LogP contribution in [0, 0.1) is 0 Å². The molecule has 5 rings (SSSR count). The molecule has 1 aromatic heterocycles. The van der Waals surface area contributed by atoms with E-state index in [1.54, 1.807) is 12.0 Å². The third kappa shape index (κ3) is 4.35. The van der Waals surface area contributed by atoms with E-state index in [2.05, 4.69) is 0 Å². The second-order valence-electron chi connectivity index (χ2n) is 8.62. The average molecular weight is 445 g/mol. The normalized spacial score (nSPS) is 16.0. The number of rotatable bonds is 5. The van der Waals surface area contributed by atoms with Crippen LogP contribution in [0.4, 0.5) is 5.82 Å². The average Bonchev–Trinajstić information content (AvgIpc) is 3.31. The van der Waals surface area contributed by atoms with Crippen molar-refractivity contribution in [3.05, 3.63) is 65.7 Å². The van der Waals surface area contributed by atoms with E-state index in [0.717, 1.165) is 54.3 Å². The number of hydrogen-bond acceptors (Lipinski definition) is 4. The van der Waals surface area contributed by atoms with Gasteiger partial charge in [-0.05, 0) is 61.2 Å². The van der Waals surface area contributed by atoms with Gasteiger partial charge in [-0.15, -0.1) is 0 Å². The van der Waals surface area contributed by atoms with Gasteiger partial charge in [0.2, 0.25) is 5.91 Å². The summed E-state index contributed by atoms with van der Waals surface area (Å²) in [4.78, 5) is 29.2. The van der Waals surface area contributed by atoms with Gasteiger partial charge in [-0.2, -0.15) is 5.10 Å². The second kappa shape index (κ2) is 9.10. The van der Waals surface area contributed by atoms with Gasteiger partial charge >= 0.3 is 0 Å². The van der Waals surface area contributed by atoms with E-state index in [4.69, 9.17) is 9.84 Å². The summed E-state index contributed by atoms with van der Waals surface area (Å²) in [6.07, 6.45) is 3.77. The maximum Gasteiger partial charge on any atom is 0.253 e. The Bertz CT molecular complexity index is 1150. The zero-order valence-corrected chi connectivity index (χ0v) is 18.9. The van der Waals surface area contributed by atoms with Crippen molar-refractivity contribution in [1.29, 1.82) is 0 Å². The Morgan fingerprint density at radius 1 is 0.970 bits per heavy atom. The maximum absolute atomic E-state index is 12.8. The number of ether oxygens (including phenoxy) is 1. The molecule has 2 aromatic carbocycles. The molecule has 2 aliphatic heterocycles. The number of carbonyl (C=O) groups is 2. The van der Waals surface area contributed by atoms with Crippen molar-refractivity contribution in [2.45, 2.75) is 38.8 Å². The van der Waals surface area contributed by atoms with Gasteiger partial charge in [-0.1, -0.05) is 12.1 Å². The number of piperidine rings is 1. The van der Waals surface area contributed by atoms with Crippen LogP contribution < -0.4 is 9.64 Å². The topological polar surface area (TPSA) is 67.7 Å². The molecule has 2 amide bonds. The van der Waals surface area contributed by atoms with Crippen molar-refractivity contribution >= 4 is 17.6 Å². The van der Waals surface area contributed by atoms with Crippen LogP contribution in [0.3, 0.4) is 0 Å². The number of aromatic nitrogens is 2. The van der Waals surface area contributed by atoms with E-state index in [0.29, 0.717) is 25.1 Å². The van der Waals surface area contributed by atoms with Crippen LogP contribution in [-0.4, -0.2) is 46.7 Å². The van der Waals surface area contributed by atoms with E-state index in [1.807, 2.05) is 64.2 Å². The molecule has 0 spiro atoms. The molecule has 7 heteroatoms. The first kappa shape index (κ1) is 21.2. The van der Waals surface area contributed by atoms with Gasteiger partial charge in [-0.25, -0.2) is 4.68 Å². The van der Waals surface area contributed by atoms with E-state index >= 15 is 0 Å². The van der Waals surface area contributed by atoms with Crippen molar-refractivity contribution in [1.82, 2.24) is 14.7 Å². The highest BCUT2D eigenvalue weighted by Crippen LogP contribution is 2.30. The number of amides is 2. The quantitative estimate of drug-likeness (QED) is 0.594. The summed E-state index contributed by atoms with van der Waals surface area (Å²) in [7, 11) is 1.64. The minimum atomic E-state index is 0.0807. The highest BCUT2D eigenvalue weighted by Gasteiger charge is 2.27. The molecular formula is C26H28N4O3. The lowest BCUT2D eigenvalue weighted by atomic mass is 10.1. The molecule has 0 N–H and O–H groups in total. The van der Waals surface area contributed by atoms with Gasteiger partial charge in [0.25, 0.3) is 5.91 Å². The number of nitrogens with zero attached hydrogens (tertiary/aromatic N) is 4. The number of anilines is 1. The third-order valence-corrected chi connectivity index (χ3v) is 6.44. The monoisotopic (exact) mass is 444 g/mol. The minimum absolute atomic E-state index is 0.0807. The predicted molar refractivity (Wildman–Crippen MR) is 126 cm³/mol. The van der Waals surface area contributed by atoms with Gasteiger partial charge in [0.05, 0.1) is 25.9 Å². The molecule has 3 aromatic rings. The SMILES string of the molecule is COc1ccc(-c2cc3n(n2)CCC(=O)N3Cc2ccc(C(=O)N3CCCCC3)cc2)cc1. The lowest BCUT2D eigenvalue weighted by molar-refractivity contribution is -0.119. The number of methoxy groups -OCH3 is 1. The van der Waals surface area contributed by atoms with Crippen LogP contribution in [0.5, 0.6) is 5.75 Å². The standard InChI is InChI=1S/C26H28N4O3/c1-33-22-11-9-20(10-12-22)23-17-24-29(25(31)13-16-30(24)27-23)18-19-5-7-21(8-6-19)26(32)28-14-3-2-4-15-28/h5-12,17H,2-4,13-16,18H2,1H3. The Morgan fingerprint density at radius 3 is 2.39 bits per heavy atom. The Kier molecular flexibility index (Phi) is 5.86. The van der Waals surface area contributed by atoms with Gasteiger partial charge in [0.15, 0.2) is 0 Å². The molecular weight excluding hydrogens is 416 g/mol. The highest BCUT2D eigenvalue weighted by molar-refractivity contribution is 5.95. The van der Waals surface area contributed by atoms with Crippen LogP contribution in [-0.2, 0) is 17.9 Å². The summed E-state index contributed by atoms with van der Waals surface area (Å²) in [5.41, 5.74) is 3.50. The van der Waals surface area contributed by atoms with Crippen LogP contribution in [0.25, 0.3) is 11.3 Å². The first-order valence-corrected chi connectivity index (χ1v) is 11.5. The van der Waals surface area contributed by atoms with E-state index in [-0.39, 0.29) is 11.8 Å². The van der Waals surface area contributed by atoms with E-state index in [1.165, 1.54) is 6.42 Å². The van der Waals surface area contributed by atoms with Gasteiger partial charge in [-0.3, -0.25) is 14.5 Å². The zero-order valence-electron chi connectivity index (χ0n) is 18.9. The molecule has 1 saturated heterocycles. The van der Waals surface area contributed by atoms with Crippen LogP contribution in [0.1, 0.15) is 41.6 Å². The van der Waals surface area contributed by atoms with Gasteiger partial charge < -0.3 is 9.64 Å². The molecule has 1 fully saturated rings. The fourth-order valence-electron chi connectivity index (χ4n) is 4.54. The number of aryl methyl sites for hydroxylation is 1. The second-order valence-corrected chi connectivity index (χ2v) is 8.62. The molecule has 0 bridgehead atoms. The van der Waals surface area contributed by atoms with Crippen molar-refractivity contribution in [3.63, 3.8) is 0 Å². The number of fused-ring (bicyclic) bond motifs is 1. The molecule has 3 heterocycles. The molecule has 2 aliphatic rings. The molecule has 33 heavy (non-hydrogen) atoms. The summed E-state index contributed by atoms with van der Waals surface area (Å²) in [5.74, 6) is 1.77. The van der Waals surface area contributed by atoms with Crippen LogP contribution >= 0.6 is 0 Å². The summed E-state index contributed by atoms with van der Waals surface area (Å²) in [6, 6.07) is 17.4. The van der Waals surface area contributed by atoms with Crippen LogP contribution in [0.15, 0.2) is 54.6 Å². The summed E-state index contributed by atoms with van der Waals surface area (Å²) < 4.78 is 7.14. The van der Waals surface area contributed by atoms with E-state index in [9.17, 15) is 9.59 Å². The van der Waals surface area contributed by atoms with Crippen molar-refractivity contribution < 1.29 is 14.3 Å². The van der Waals surface area contributed by atoms with Gasteiger partial charge in [0, 0.05) is 36.7 Å². The molecule has 170 valence electrons. The minimum Gasteiger partial charge on any atom is -0.497 e. The maximum atomic E-state index is 12.8. The predicted octanol–water partition coefficient (Wildman–Crippen LogP) is 4.12. The Balaban J connectivity index is 1.34. The Morgan fingerprint density at radius 2 is 1.70 bits per heavy atom. The lowest BCUT2D eigenvalue weighted by Gasteiger charge is -2.28. The smallest absolute Gasteiger partial charge is 0.253 e. The molecule has 0 radical (unpaired) electrons. The molecule has 0 saturated carbocycles. The largest absolute Gasteiger partial charge is 0.497 e. The molecule has 0 unspecified atom stereocenters. The molecule has 0 aliphatic carbocycles. The number of carbonyl (C=O) groups excluding carboxylic acids is 2. The lowest BCUT2D eigenvalue weighted by Crippen LogP contribution is -2.37. The third-order valence-electron chi connectivity index (χ3n) is 6.44. The first-order chi connectivity index (χ1) is 16.1. The number of likely N-dealkylation sites (tertiary alicyclic amines) is 1. The van der Waals surface area contributed by atoms with Crippen molar-refractivity contribution in [2.24, 2.45) is 0 Å². The first-order valence-electron chi connectivity index (χ1n) is 11.5. The van der Waals surface area contributed by atoms with Crippen molar-refractivity contribution in [2.75, 3.05) is 25.1 Å². The fourth-order valence-corrected chi connectivity index (χ4v) is 4.54. The summed E-state index contributed by atoms with van der Waals surface area (Å²) in [6.45, 7) is 2.70. The number of benzene rings is 2. The molecule has 7 nitrogen and oxygen atoms in total. The molecule has 0 atom stereocenters. The van der Waals surface area contributed by atoms with Gasteiger partial charge in [0.1, 0.15) is 11.6 Å². The van der Waals surface area contributed by atoms with Crippen molar-refractivity contribution in [3.8, 4) is 17.0 Å². The fraction of sp³-hybridized carbons (Fsp3) is 0.346. The zero-order chi connectivity index (χ0) is 22.8. The highest BCUT2D eigenvalue weighted by atomic mass is 16.5.